The summed E-state index contributed by atoms with van der Waals surface area (Å²) in [7, 11) is 0. The van der Waals surface area contributed by atoms with E-state index < -0.39 is 0 Å². The van der Waals surface area contributed by atoms with E-state index in [-0.39, 0.29) is 5.91 Å². The van der Waals surface area contributed by atoms with Gasteiger partial charge in [-0.1, -0.05) is 25.8 Å². The van der Waals surface area contributed by atoms with Crippen LogP contribution in [0.3, 0.4) is 0 Å². The van der Waals surface area contributed by atoms with Gasteiger partial charge in [0.15, 0.2) is 0 Å². The predicted molar refractivity (Wildman–Crippen MR) is 74.8 cm³/mol. The van der Waals surface area contributed by atoms with Gasteiger partial charge in [-0.3, -0.25) is 4.79 Å². The van der Waals surface area contributed by atoms with Crippen LogP contribution in [0.1, 0.15) is 36.7 Å². The second kappa shape index (κ2) is 8.28. The van der Waals surface area contributed by atoms with Crippen molar-refractivity contribution in [2.45, 2.75) is 26.2 Å². The molecule has 0 saturated carbocycles. The highest BCUT2D eigenvalue weighted by Crippen LogP contribution is 2.05. The summed E-state index contributed by atoms with van der Waals surface area (Å²) in [6.45, 7) is 7.16. The topological polar surface area (TPSA) is 54.0 Å². The van der Waals surface area contributed by atoms with Crippen molar-refractivity contribution < 1.29 is 4.79 Å². The van der Waals surface area contributed by atoms with Crippen molar-refractivity contribution in [1.29, 1.82) is 0 Å². The first-order chi connectivity index (χ1) is 8.77. The monoisotopic (exact) mass is 247 g/mol. The molecule has 2 N–H and O–H groups in total. The minimum atomic E-state index is -0.110. The van der Waals surface area contributed by atoms with Gasteiger partial charge in [0.2, 0.25) is 0 Å². The number of hydrogen-bond acceptors (Lipinski definition) is 3. The molecule has 0 spiro atoms. The van der Waals surface area contributed by atoms with Crippen LogP contribution in [0.5, 0.6) is 0 Å². The van der Waals surface area contributed by atoms with E-state index in [2.05, 4.69) is 29.1 Å². The van der Waals surface area contributed by atoms with Crippen LogP contribution in [0.2, 0.25) is 0 Å². The molecule has 1 amide bonds. The Labute approximate surface area is 109 Å². The molecule has 98 valence electrons. The fraction of sp³-hybridized carbons (Fsp3) is 0.429. The molecule has 18 heavy (non-hydrogen) atoms. The van der Waals surface area contributed by atoms with Crippen molar-refractivity contribution in [3.05, 3.63) is 36.7 Å². The number of nitrogens with zero attached hydrogens (tertiary/aromatic N) is 1. The van der Waals surface area contributed by atoms with Gasteiger partial charge in [0.1, 0.15) is 5.69 Å². The Morgan fingerprint density at radius 1 is 1.44 bits per heavy atom. The zero-order valence-corrected chi connectivity index (χ0v) is 10.9. The smallest absolute Gasteiger partial charge is 0.269 e. The third kappa shape index (κ3) is 4.99. The van der Waals surface area contributed by atoms with Crippen molar-refractivity contribution in [3.8, 4) is 0 Å². The maximum absolute atomic E-state index is 11.7. The highest BCUT2D eigenvalue weighted by molar-refractivity contribution is 5.92. The van der Waals surface area contributed by atoms with Gasteiger partial charge in [-0.25, -0.2) is 4.98 Å². The lowest BCUT2D eigenvalue weighted by molar-refractivity contribution is 0.0948. The maximum atomic E-state index is 11.7. The van der Waals surface area contributed by atoms with Crippen molar-refractivity contribution in [2.24, 2.45) is 0 Å². The van der Waals surface area contributed by atoms with E-state index >= 15 is 0 Å². The number of anilines is 1. The average Bonchev–Trinajstić information content (AvgIpc) is 2.41. The molecule has 0 bridgehead atoms. The fourth-order valence-electron chi connectivity index (χ4n) is 1.49. The predicted octanol–water partition coefficient (Wildman–Crippen LogP) is 2.60. The standard InChI is InChI=1S/C14H21N3O/c1-3-5-6-10-16-14(18)13-8-7-12(11-17-13)15-9-4-2/h4,7-8,11,15H,2-3,5-6,9-10H2,1H3,(H,16,18). The summed E-state index contributed by atoms with van der Waals surface area (Å²) in [5.41, 5.74) is 1.34. The molecule has 0 atom stereocenters. The molecule has 0 aromatic carbocycles. The number of rotatable bonds is 8. The molecule has 0 aliphatic rings. The van der Waals surface area contributed by atoms with Crippen molar-refractivity contribution in [2.75, 3.05) is 18.4 Å². The number of unbranched alkanes of at least 4 members (excludes halogenated alkanes) is 2. The highest BCUT2D eigenvalue weighted by Gasteiger charge is 2.05. The van der Waals surface area contributed by atoms with Crippen molar-refractivity contribution in [1.82, 2.24) is 10.3 Å². The molecule has 0 saturated heterocycles. The van der Waals surface area contributed by atoms with Crippen LogP contribution in [0.15, 0.2) is 31.0 Å². The van der Waals surface area contributed by atoms with Gasteiger partial charge in [0.25, 0.3) is 5.91 Å². The molecule has 0 radical (unpaired) electrons. The minimum Gasteiger partial charge on any atom is -0.380 e. The quantitative estimate of drug-likeness (QED) is 0.548. The number of amides is 1. The van der Waals surface area contributed by atoms with Gasteiger partial charge in [-0.2, -0.15) is 0 Å². The largest absolute Gasteiger partial charge is 0.380 e. The van der Waals surface area contributed by atoms with E-state index in [1.165, 1.54) is 0 Å². The molecule has 1 rings (SSSR count). The van der Waals surface area contributed by atoms with E-state index in [0.29, 0.717) is 18.8 Å². The summed E-state index contributed by atoms with van der Waals surface area (Å²) >= 11 is 0. The molecule has 0 unspecified atom stereocenters. The van der Waals surface area contributed by atoms with Gasteiger partial charge in [-0.15, -0.1) is 6.58 Å². The van der Waals surface area contributed by atoms with E-state index in [4.69, 9.17) is 0 Å². The Morgan fingerprint density at radius 2 is 2.28 bits per heavy atom. The van der Waals surface area contributed by atoms with Crippen LogP contribution in [-0.4, -0.2) is 24.0 Å². The van der Waals surface area contributed by atoms with Crippen molar-refractivity contribution in [3.63, 3.8) is 0 Å². The van der Waals surface area contributed by atoms with Crippen LogP contribution in [0.4, 0.5) is 5.69 Å². The highest BCUT2D eigenvalue weighted by atomic mass is 16.1. The lowest BCUT2D eigenvalue weighted by Gasteiger charge is -2.06. The molecule has 0 aliphatic heterocycles. The summed E-state index contributed by atoms with van der Waals surface area (Å²) < 4.78 is 0. The van der Waals surface area contributed by atoms with E-state index in [9.17, 15) is 4.79 Å². The minimum absolute atomic E-state index is 0.110. The van der Waals surface area contributed by atoms with Crippen molar-refractivity contribution >= 4 is 11.6 Å². The molecule has 1 aromatic rings. The first-order valence-corrected chi connectivity index (χ1v) is 6.37. The lowest BCUT2D eigenvalue weighted by atomic mass is 10.2. The van der Waals surface area contributed by atoms with Gasteiger partial charge in [0, 0.05) is 13.1 Å². The summed E-state index contributed by atoms with van der Waals surface area (Å²) in [6, 6.07) is 3.57. The summed E-state index contributed by atoms with van der Waals surface area (Å²) in [5.74, 6) is -0.110. The normalized spacial score (nSPS) is 9.83. The molecule has 0 aliphatic carbocycles. The number of carbonyl (C=O) groups excluding carboxylic acids is 1. The van der Waals surface area contributed by atoms with Crippen LogP contribution >= 0.6 is 0 Å². The van der Waals surface area contributed by atoms with Gasteiger partial charge in [-0.05, 0) is 18.6 Å². The number of nitrogens with one attached hydrogen (secondary N) is 2. The second-order valence-corrected chi connectivity index (χ2v) is 4.06. The van der Waals surface area contributed by atoms with Crippen LogP contribution in [0, 0.1) is 0 Å². The summed E-state index contributed by atoms with van der Waals surface area (Å²) in [5, 5.41) is 5.97. The van der Waals surface area contributed by atoms with E-state index in [1.54, 1.807) is 18.3 Å². The lowest BCUT2D eigenvalue weighted by Crippen LogP contribution is -2.25. The number of aromatic nitrogens is 1. The average molecular weight is 247 g/mol. The molecule has 1 heterocycles. The Kier molecular flexibility index (Phi) is 6.54. The Balaban J connectivity index is 2.41. The second-order valence-electron chi connectivity index (χ2n) is 4.06. The van der Waals surface area contributed by atoms with Gasteiger partial charge < -0.3 is 10.6 Å². The Morgan fingerprint density at radius 3 is 2.89 bits per heavy atom. The van der Waals surface area contributed by atoms with Gasteiger partial charge in [0.05, 0.1) is 11.9 Å². The van der Waals surface area contributed by atoms with Crippen LogP contribution < -0.4 is 10.6 Å². The summed E-state index contributed by atoms with van der Waals surface area (Å²) in [4.78, 5) is 15.8. The molecular formula is C14H21N3O. The number of hydrogen-bond donors (Lipinski definition) is 2. The number of pyridine rings is 1. The fourth-order valence-corrected chi connectivity index (χ4v) is 1.49. The molecule has 4 nitrogen and oxygen atoms in total. The van der Waals surface area contributed by atoms with Crippen LogP contribution in [0.25, 0.3) is 0 Å². The third-order valence-corrected chi connectivity index (χ3v) is 2.51. The van der Waals surface area contributed by atoms with E-state index in [0.717, 1.165) is 24.9 Å². The third-order valence-electron chi connectivity index (χ3n) is 2.51. The molecule has 4 heteroatoms. The zero-order valence-electron chi connectivity index (χ0n) is 10.9. The summed E-state index contributed by atoms with van der Waals surface area (Å²) in [6.07, 6.45) is 6.73. The first-order valence-electron chi connectivity index (χ1n) is 6.37. The van der Waals surface area contributed by atoms with Gasteiger partial charge >= 0.3 is 0 Å². The zero-order chi connectivity index (χ0) is 13.2. The molecular weight excluding hydrogens is 226 g/mol. The molecule has 0 fully saturated rings. The molecule has 1 aromatic heterocycles. The first kappa shape index (κ1) is 14.2. The Hall–Kier alpha value is -1.84. The maximum Gasteiger partial charge on any atom is 0.269 e. The SMILES string of the molecule is C=CCNc1ccc(C(=O)NCCCCC)nc1. The number of carbonyl (C=O) groups is 1. The van der Waals surface area contributed by atoms with Crippen LogP contribution in [-0.2, 0) is 0 Å². The Bertz CT molecular complexity index is 373. The van der Waals surface area contributed by atoms with E-state index in [1.807, 2.05) is 6.07 Å².